The van der Waals surface area contributed by atoms with E-state index in [9.17, 15) is 9.18 Å². The van der Waals surface area contributed by atoms with Crippen LogP contribution in [0.4, 0.5) is 10.1 Å². The molecule has 0 bridgehead atoms. The van der Waals surface area contributed by atoms with Gasteiger partial charge in [-0.1, -0.05) is 11.6 Å². The zero-order valence-electron chi connectivity index (χ0n) is 13.8. The van der Waals surface area contributed by atoms with Crippen LogP contribution in [0.5, 0.6) is 5.75 Å². The Kier molecular flexibility index (Phi) is 4.11. The van der Waals surface area contributed by atoms with Crippen LogP contribution < -0.4 is 9.64 Å². The van der Waals surface area contributed by atoms with Crippen molar-refractivity contribution in [2.45, 2.75) is 26.5 Å². The monoisotopic (exact) mass is 438 g/mol. The van der Waals surface area contributed by atoms with Gasteiger partial charge in [0, 0.05) is 12.3 Å². The average Bonchev–Trinajstić information content (AvgIpc) is 2.88. The Morgan fingerprint density at radius 2 is 2.19 bits per heavy atom. The molecule has 0 saturated carbocycles. The van der Waals surface area contributed by atoms with Crippen LogP contribution in [-0.4, -0.2) is 26.4 Å². The van der Waals surface area contributed by atoms with Gasteiger partial charge < -0.3 is 4.74 Å². The highest BCUT2D eigenvalue weighted by molar-refractivity contribution is 9.10. The number of ether oxygens (including phenoxy) is 1. The third kappa shape index (κ3) is 2.73. The lowest BCUT2D eigenvalue weighted by atomic mass is 10.1. The summed E-state index contributed by atoms with van der Waals surface area (Å²) in [5, 5.41) is 0.131. The summed E-state index contributed by atoms with van der Waals surface area (Å²) < 4.78 is 22.0. The third-order valence-corrected chi connectivity index (χ3v) is 4.96. The van der Waals surface area contributed by atoms with Crippen LogP contribution in [0.3, 0.4) is 0 Å². The minimum atomic E-state index is -0.724. The number of halogens is 3. The molecule has 1 aromatic carbocycles. The number of amides is 1. The van der Waals surface area contributed by atoms with Crippen LogP contribution in [0, 0.1) is 12.7 Å². The third-order valence-electron chi connectivity index (χ3n) is 4.27. The van der Waals surface area contributed by atoms with Crippen LogP contribution in [-0.2, 0) is 11.3 Å². The Morgan fingerprint density at radius 3 is 2.96 bits per heavy atom. The minimum Gasteiger partial charge on any atom is -0.477 e. The zero-order valence-corrected chi connectivity index (χ0v) is 16.2. The molecule has 1 atom stereocenters. The van der Waals surface area contributed by atoms with Crippen LogP contribution in [0.2, 0.25) is 5.02 Å². The van der Waals surface area contributed by atoms with E-state index in [1.54, 1.807) is 19.3 Å². The fourth-order valence-electron chi connectivity index (χ4n) is 3.03. The van der Waals surface area contributed by atoms with Gasteiger partial charge in [-0.05, 0) is 35.8 Å². The van der Waals surface area contributed by atoms with E-state index in [-0.39, 0.29) is 17.5 Å². The zero-order chi connectivity index (χ0) is 18.6. The highest BCUT2D eigenvalue weighted by Crippen LogP contribution is 2.41. The molecule has 0 spiro atoms. The van der Waals surface area contributed by atoms with Crippen LogP contribution >= 0.6 is 27.5 Å². The molecule has 0 N–H and O–H groups in total. The van der Waals surface area contributed by atoms with Gasteiger partial charge in [0.2, 0.25) is 0 Å². The summed E-state index contributed by atoms with van der Waals surface area (Å²) in [6.45, 7) is 3.69. The van der Waals surface area contributed by atoms with Gasteiger partial charge in [-0.25, -0.2) is 14.4 Å². The van der Waals surface area contributed by atoms with Crippen molar-refractivity contribution < 1.29 is 13.9 Å². The predicted molar refractivity (Wildman–Crippen MR) is 98.1 cm³/mol. The summed E-state index contributed by atoms with van der Waals surface area (Å²) in [6.07, 6.45) is 2.69. The maximum absolute atomic E-state index is 13.9. The standard InChI is InChI=1S/C17H13BrClFN4O2/c1-8-13(23-7-14(18)21-5-15(23)22-8)6-24-12-4-10(20)3-11(19)16(12)26-9(2)17(24)25/h3-5,7,9H,6H2,1-2H3/t9-/m1/s1. The first kappa shape index (κ1) is 17.2. The summed E-state index contributed by atoms with van der Waals surface area (Å²) in [7, 11) is 0. The number of hydrogen-bond acceptors (Lipinski definition) is 4. The van der Waals surface area contributed by atoms with E-state index < -0.39 is 11.9 Å². The number of rotatable bonds is 2. The van der Waals surface area contributed by atoms with E-state index in [0.29, 0.717) is 21.7 Å². The maximum Gasteiger partial charge on any atom is 0.268 e. The van der Waals surface area contributed by atoms with Crippen molar-refractivity contribution in [2.75, 3.05) is 4.90 Å². The number of benzene rings is 1. The number of imidazole rings is 1. The number of carbonyl (C=O) groups excluding carboxylic acids is 1. The Balaban J connectivity index is 1.85. The highest BCUT2D eigenvalue weighted by atomic mass is 79.9. The normalized spacial score (nSPS) is 16.7. The second-order valence-electron chi connectivity index (χ2n) is 6.00. The Labute approximate surface area is 161 Å². The quantitative estimate of drug-likeness (QED) is 0.607. The number of nitrogens with zero attached hydrogens (tertiary/aromatic N) is 4. The molecule has 26 heavy (non-hydrogen) atoms. The van der Waals surface area contributed by atoms with Crippen molar-refractivity contribution in [3.8, 4) is 5.75 Å². The fraction of sp³-hybridized carbons (Fsp3) is 0.235. The van der Waals surface area contributed by atoms with E-state index in [1.165, 1.54) is 17.0 Å². The van der Waals surface area contributed by atoms with Gasteiger partial charge in [-0.15, -0.1) is 0 Å². The summed E-state index contributed by atoms with van der Waals surface area (Å²) in [4.78, 5) is 22.8. The van der Waals surface area contributed by atoms with Crippen molar-refractivity contribution in [3.63, 3.8) is 0 Å². The first-order valence-electron chi connectivity index (χ1n) is 7.81. The molecule has 1 aliphatic rings. The number of aromatic nitrogens is 3. The lowest BCUT2D eigenvalue weighted by Gasteiger charge is -2.33. The molecule has 0 fully saturated rings. The van der Waals surface area contributed by atoms with Crippen LogP contribution in [0.1, 0.15) is 18.3 Å². The first-order valence-corrected chi connectivity index (χ1v) is 8.98. The molecule has 0 unspecified atom stereocenters. The second-order valence-corrected chi connectivity index (χ2v) is 7.22. The predicted octanol–water partition coefficient (Wildman–Crippen LogP) is 3.91. The van der Waals surface area contributed by atoms with E-state index in [0.717, 1.165) is 11.4 Å². The average molecular weight is 440 g/mol. The minimum absolute atomic E-state index is 0.131. The van der Waals surface area contributed by atoms with Crippen molar-refractivity contribution in [1.29, 1.82) is 0 Å². The summed E-state index contributed by atoms with van der Waals surface area (Å²) in [5.74, 6) is -0.511. The SMILES string of the molecule is Cc1nc2cnc(Br)cn2c1CN1C(=O)[C@@H](C)Oc2c(Cl)cc(F)cc21. The lowest BCUT2D eigenvalue weighted by Crippen LogP contribution is -2.44. The number of fused-ring (bicyclic) bond motifs is 2. The number of aryl methyl sites for hydroxylation is 1. The molecule has 1 amide bonds. The molecule has 0 radical (unpaired) electrons. The largest absolute Gasteiger partial charge is 0.477 e. The Hall–Kier alpha value is -2.19. The van der Waals surface area contributed by atoms with Gasteiger partial charge in [-0.2, -0.15) is 0 Å². The molecular weight excluding hydrogens is 427 g/mol. The molecule has 6 nitrogen and oxygen atoms in total. The second kappa shape index (κ2) is 6.21. The van der Waals surface area contributed by atoms with Crippen molar-refractivity contribution in [1.82, 2.24) is 14.4 Å². The fourth-order valence-corrected chi connectivity index (χ4v) is 3.58. The number of carbonyl (C=O) groups is 1. The van der Waals surface area contributed by atoms with E-state index in [4.69, 9.17) is 16.3 Å². The topological polar surface area (TPSA) is 59.7 Å². The van der Waals surface area contributed by atoms with Gasteiger partial charge >= 0.3 is 0 Å². The molecule has 2 aromatic heterocycles. The smallest absolute Gasteiger partial charge is 0.268 e. The summed E-state index contributed by atoms with van der Waals surface area (Å²) in [6, 6.07) is 2.42. The lowest BCUT2D eigenvalue weighted by molar-refractivity contribution is -0.125. The maximum atomic E-state index is 13.9. The summed E-state index contributed by atoms with van der Waals surface area (Å²) >= 11 is 9.46. The van der Waals surface area contributed by atoms with Gasteiger partial charge in [0.1, 0.15) is 10.4 Å². The number of hydrogen-bond donors (Lipinski definition) is 0. The van der Waals surface area contributed by atoms with Crippen molar-refractivity contribution >= 4 is 44.8 Å². The van der Waals surface area contributed by atoms with Crippen molar-refractivity contribution in [3.05, 3.63) is 51.4 Å². The highest BCUT2D eigenvalue weighted by Gasteiger charge is 2.34. The molecule has 4 rings (SSSR count). The molecule has 1 aliphatic heterocycles. The van der Waals surface area contributed by atoms with Crippen LogP contribution in [0.25, 0.3) is 5.65 Å². The molecule has 0 aliphatic carbocycles. The van der Waals surface area contributed by atoms with Crippen LogP contribution in [0.15, 0.2) is 29.1 Å². The van der Waals surface area contributed by atoms with E-state index in [2.05, 4.69) is 25.9 Å². The molecule has 9 heteroatoms. The van der Waals surface area contributed by atoms with Crippen molar-refractivity contribution in [2.24, 2.45) is 0 Å². The molecular formula is C17H13BrClFN4O2. The van der Waals surface area contributed by atoms with E-state index in [1.807, 2.05) is 11.3 Å². The molecule has 0 saturated heterocycles. The van der Waals surface area contributed by atoms with Gasteiger partial charge in [0.25, 0.3) is 5.91 Å². The summed E-state index contributed by atoms with van der Waals surface area (Å²) in [5.41, 5.74) is 2.50. The van der Waals surface area contributed by atoms with Gasteiger partial charge in [0.05, 0.1) is 34.8 Å². The van der Waals surface area contributed by atoms with Gasteiger partial charge in [0.15, 0.2) is 17.5 Å². The molecule has 3 heterocycles. The Morgan fingerprint density at radius 1 is 1.42 bits per heavy atom. The van der Waals surface area contributed by atoms with Gasteiger partial charge in [-0.3, -0.25) is 14.1 Å². The Bertz CT molecular complexity index is 1050. The molecule has 3 aromatic rings. The number of anilines is 1. The first-order chi connectivity index (χ1) is 12.3. The van der Waals surface area contributed by atoms with E-state index >= 15 is 0 Å². The molecule has 134 valence electrons.